The van der Waals surface area contributed by atoms with Gasteiger partial charge in [-0.05, 0) is 94.7 Å². The van der Waals surface area contributed by atoms with Crippen molar-refractivity contribution in [2.75, 3.05) is 19.0 Å². The molecule has 1 atom stereocenters. The van der Waals surface area contributed by atoms with Crippen molar-refractivity contribution in [2.45, 2.75) is 17.4 Å². The van der Waals surface area contributed by atoms with Gasteiger partial charge >= 0.3 is 0 Å². The minimum absolute atomic E-state index is 0.0445. The Balaban J connectivity index is 1.41. The van der Waals surface area contributed by atoms with Gasteiger partial charge < -0.3 is 14.8 Å². The average molecular weight is 747 g/mol. The van der Waals surface area contributed by atoms with E-state index in [9.17, 15) is 18.0 Å². The van der Waals surface area contributed by atoms with Gasteiger partial charge in [0.15, 0.2) is 18.1 Å². The quantitative estimate of drug-likeness (QED) is 0.100. The van der Waals surface area contributed by atoms with E-state index in [2.05, 4.69) is 43.2 Å². The normalized spacial score (nSPS) is 12.0. The number of hydrazone groups is 1. The fourth-order valence-electron chi connectivity index (χ4n) is 3.93. The molecule has 0 radical (unpaired) electrons. The molecule has 4 aromatic rings. The van der Waals surface area contributed by atoms with Gasteiger partial charge in [0.25, 0.3) is 11.8 Å². The number of rotatable bonds is 13. The molecular weight excluding hydrogens is 719 g/mol. The number of amides is 2. The number of ether oxygens (including phenoxy) is 2. The topological polar surface area (TPSA) is 135 Å². The number of nitrogens with one attached hydrogen (secondary N) is 3. The second-order valence-electron chi connectivity index (χ2n) is 9.28. The number of sulfonamides is 1. The first kappa shape index (κ1) is 32.9. The molecule has 13 heteroatoms. The first-order valence-electron chi connectivity index (χ1n) is 13.1. The van der Waals surface area contributed by atoms with Crippen molar-refractivity contribution in [3.63, 3.8) is 0 Å². The first-order chi connectivity index (χ1) is 21.1. The summed E-state index contributed by atoms with van der Waals surface area (Å²) < 4.78 is 40.5. The van der Waals surface area contributed by atoms with Crippen molar-refractivity contribution in [2.24, 2.45) is 5.10 Å². The van der Waals surface area contributed by atoms with E-state index in [1.165, 1.54) is 25.5 Å². The van der Waals surface area contributed by atoms with Crippen molar-refractivity contribution < 1.29 is 27.5 Å². The number of benzene rings is 4. The van der Waals surface area contributed by atoms with Crippen LogP contribution in [0.25, 0.3) is 0 Å². The first-order valence-corrected chi connectivity index (χ1v) is 16.1. The monoisotopic (exact) mass is 746 g/mol. The molecule has 2 amide bonds. The summed E-state index contributed by atoms with van der Waals surface area (Å²) >= 11 is 8.16. The zero-order chi connectivity index (χ0) is 31.5. The summed E-state index contributed by atoms with van der Waals surface area (Å²) in [7, 11) is -2.55. The molecule has 3 N–H and O–H groups in total. The van der Waals surface area contributed by atoms with Crippen LogP contribution in [0.3, 0.4) is 0 Å². The molecule has 0 spiro atoms. The molecule has 44 heavy (non-hydrogen) atoms. The van der Waals surface area contributed by atoms with Crippen molar-refractivity contribution >= 4 is 67.9 Å². The Hall–Kier alpha value is -3.98. The fourth-order valence-corrected chi connectivity index (χ4v) is 5.67. The average Bonchev–Trinajstić information content (AvgIpc) is 3.01. The van der Waals surface area contributed by atoms with Crippen molar-refractivity contribution in [3.05, 3.63) is 117 Å². The van der Waals surface area contributed by atoms with Crippen LogP contribution in [0.15, 0.2) is 107 Å². The van der Waals surface area contributed by atoms with E-state index in [0.29, 0.717) is 27.8 Å². The maximum atomic E-state index is 13.1. The molecule has 0 bridgehead atoms. The lowest BCUT2D eigenvalue weighted by Gasteiger charge is -2.17. The summed E-state index contributed by atoms with van der Waals surface area (Å²) in [6, 6.07) is 25.9. The molecule has 228 valence electrons. The van der Waals surface area contributed by atoms with Gasteiger partial charge in [-0.1, -0.05) is 54.1 Å². The third-order valence-corrected chi connectivity index (χ3v) is 8.64. The lowest BCUT2D eigenvalue weighted by Crippen LogP contribution is -2.46. The smallest absolute Gasteiger partial charge is 0.262 e. The highest BCUT2D eigenvalue weighted by molar-refractivity contribution is 14.1. The fraction of sp³-hybridized carbons (Fsp3) is 0.129. The standard InChI is InChI=1S/C31H28ClIN4O6S/c1-42-29-18-22(11-16-28(29)43-20-30(38)35-26-10-6-5-9-25(26)32)19-34-36-31(39)27(17-21-7-3-2-4-8-21)37-44(40,41)24-14-12-23(33)13-15-24/h2-16,18-19,27,37H,17,20H2,1H3,(H,35,38)(H,36,39)/b34-19-/t27-/m0/s1. The number of carbonyl (C=O) groups excluding carboxylic acids is 2. The minimum Gasteiger partial charge on any atom is -0.493 e. The van der Waals surface area contributed by atoms with Gasteiger partial charge in [0.05, 0.1) is 28.9 Å². The van der Waals surface area contributed by atoms with Crippen LogP contribution in [0.1, 0.15) is 11.1 Å². The number of hydrogen-bond acceptors (Lipinski definition) is 7. The Labute approximate surface area is 274 Å². The van der Waals surface area contributed by atoms with E-state index in [0.717, 1.165) is 9.13 Å². The van der Waals surface area contributed by atoms with E-state index in [-0.39, 0.29) is 17.9 Å². The lowest BCUT2D eigenvalue weighted by atomic mass is 10.1. The zero-order valence-corrected chi connectivity index (χ0v) is 27.1. The largest absolute Gasteiger partial charge is 0.493 e. The Kier molecular flexibility index (Phi) is 11.7. The molecule has 0 aliphatic rings. The summed E-state index contributed by atoms with van der Waals surface area (Å²) in [5.41, 5.74) is 4.21. The molecule has 0 saturated carbocycles. The Morgan fingerprint density at radius 2 is 1.66 bits per heavy atom. The van der Waals surface area contributed by atoms with E-state index in [1.807, 2.05) is 18.2 Å². The molecule has 4 aromatic carbocycles. The van der Waals surface area contributed by atoms with Crippen LogP contribution in [-0.2, 0) is 26.0 Å². The van der Waals surface area contributed by atoms with Gasteiger partial charge in [-0.2, -0.15) is 9.82 Å². The number of methoxy groups -OCH3 is 1. The maximum absolute atomic E-state index is 13.1. The van der Waals surface area contributed by atoms with Crippen molar-refractivity contribution in [1.29, 1.82) is 0 Å². The minimum atomic E-state index is -4.00. The Morgan fingerprint density at radius 3 is 2.36 bits per heavy atom. The zero-order valence-electron chi connectivity index (χ0n) is 23.4. The van der Waals surface area contributed by atoms with E-state index >= 15 is 0 Å². The predicted octanol–water partition coefficient (Wildman–Crippen LogP) is 5.01. The molecular formula is C31H28ClIN4O6S. The van der Waals surface area contributed by atoms with Gasteiger partial charge in [-0.25, -0.2) is 13.8 Å². The van der Waals surface area contributed by atoms with Gasteiger partial charge in [0, 0.05) is 3.57 Å². The predicted molar refractivity (Wildman–Crippen MR) is 178 cm³/mol. The highest BCUT2D eigenvalue weighted by atomic mass is 127. The molecule has 10 nitrogen and oxygen atoms in total. The second kappa shape index (κ2) is 15.7. The number of halogens is 2. The summed E-state index contributed by atoms with van der Waals surface area (Å²) in [4.78, 5) is 25.5. The van der Waals surface area contributed by atoms with Gasteiger partial charge in [-0.15, -0.1) is 0 Å². The molecule has 4 rings (SSSR count). The Morgan fingerprint density at radius 1 is 0.955 bits per heavy atom. The molecule has 0 aliphatic carbocycles. The van der Waals surface area contributed by atoms with Crippen LogP contribution in [0.4, 0.5) is 5.69 Å². The summed E-state index contributed by atoms with van der Waals surface area (Å²) in [6.07, 6.45) is 1.48. The van der Waals surface area contributed by atoms with Gasteiger partial charge in [-0.3, -0.25) is 9.59 Å². The maximum Gasteiger partial charge on any atom is 0.262 e. The second-order valence-corrected chi connectivity index (χ2v) is 12.6. The lowest BCUT2D eigenvalue weighted by molar-refractivity contribution is -0.122. The molecule has 0 heterocycles. The number of anilines is 1. The van der Waals surface area contributed by atoms with Gasteiger partial charge in [0.1, 0.15) is 6.04 Å². The van der Waals surface area contributed by atoms with Crippen molar-refractivity contribution in [3.8, 4) is 11.5 Å². The highest BCUT2D eigenvalue weighted by Crippen LogP contribution is 2.28. The summed E-state index contributed by atoms with van der Waals surface area (Å²) in [5, 5.41) is 7.10. The van der Waals surface area contributed by atoms with Crippen LogP contribution >= 0.6 is 34.2 Å². The Bertz CT molecular complexity index is 1740. The van der Waals surface area contributed by atoms with E-state index in [1.54, 1.807) is 66.7 Å². The molecule has 0 aliphatic heterocycles. The molecule has 0 fully saturated rings. The van der Waals surface area contributed by atoms with Gasteiger partial charge in [0.2, 0.25) is 10.0 Å². The number of carbonyl (C=O) groups is 2. The third kappa shape index (κ3) is 9.51. The molecule has 0 aromatic heterocycles. The van der Waals surface area contributed by atoms with Crippen LogP contribution < -0.4 is 24.9 Å². The van der Waals surface area contributed by atoms with Crippen LogP contribution in [0.5, 0.6) is 11.5 Å². The van der Waals surface area contributed by atoms with Crippen LogP contribution in [0, 0.1) is 3.57 Å². The SMILES string of the molecule is COc1cc(/C=N\NC(=O)[C@H](Cc2ccccc2)NS(=O)(=O)c2ccc(I)cc2)ccc1OCC(=O)Nc1ccccc1Cl. The number of para-hydroxylation sites is 1. The summed E-state index contributed by atoms with van der Waals surface area (Å²) in [5.74, 6) is -0.402. The third-order valence-electron chi connectivity index (χ3n) is 6.10. The van der Waals surface area contributed by atoms with Crippen molar-refractivity contribution in [1.82, 2.24) is 10.1 Å². The van der Waals surface area contributed by atoms with E-state index < -0.39 is 27.9 Å². The highest BCUT2D eigenvalue weighted by Gasteiger charge is 2.26. The summed E-state index contributed by atoms with van der Waals surface area (Å²) in [6.45, 7) is -0.286. The number of nitrogens with zero attached hydrogens (tertiary/aromatic N) is 1. The van der Waals surface area contributed by atoms with Crippen LogP contribution in [-0.4, -0.2) is 46.2 Å². The number of hydrogen-bond donors (Lipinski definition) is 3. The molecule has 0 unspecified atom stereocenters. The molecule has 0 saturated heterocycles. The van der Waals surface area contributed by atoms with E-state index in [4.69, 9.17) is 21.1 Å². The van der Waals surface area contributed by atoms with Crippen LogP contribution in [0.2, 0.25) is 5.02 Å².